The first-order chi connectivity index (χ1) is 13.1. The van der Waals surface area contributed by atoms with Crippen molar-refractivity contribution in [1.29, 1.82) is 0 Å². The molecule has 4 aromatic rings. The number of fused-ring (bicyclic) bond motifs is 2. The van der Waals surface area contributed by atoms with Crippen LogP contribution in [0.15, 0.2) is 59.5 Å². The number of carbonyl (C=O) groups excluding carboxylic acids is 1. The fourth-order valence-corrected chi connectivity index (χ4v) is 3.17. The van der Waals surface area contributed by atoms with Crippen LogP contribution in [0.1, 0.15) is 18.5 Å². The number of amides is 1. The maximum absolute atomic E-state index is 12.6. The highest BCUT2D eigenvalue weighted by Crippen LogP contribution is 2.17. The van der Waals surface area contributed by atoms with Gasteiger partial charge in [-0.25, -0.2) is 0 Å². The molecular formula is C20H19N5O2. The average molecular weight is 361 g/mol. The summed E-state index contributed by atoms with van der Waals surface area (Å²) in [6.45, 7) is 2.12. The Labute approximate surface area is 155 Å². The van der Waals surface area contributed by atoms with E-state index < -0.39 is 6.04 Å². The molecule has 0 aliphatic rings. The molecule has 4 rings (SSSR count). The number of benzene rings is 2. The zero-order valence-electron chi connectivity index (χ0n) is 14.8. The smallest absolute Gasteiger partial charge is 0.278 e. The molecule has 2 heterocycles. The van der Waals surface area contributed by atoms with Gasteiger partial charge in [0.15, 0.2) is 0 Å². The summed E-state index contributed by atoms with van der Waals surface area (Å²) >= 11 is 0. The van der Waals surface area contributed by atoms with E-state index in [1.807, 2.05) is 24.4 Å². The summed E-state index contributed by atoms with van der Waals surface area (Å²) < 4.78 is 1.13. The molecule has 7 heteroatoms. The topological polar surface area (TPSA) is 92.7 Å². The number of nitrogens with one attached hydrogen (secondary N) is 2. The van der Waals surface area contributed by atoms with Crippen LogP contribution < -0.4 is 10.9 Å². The van der Waals surface area contributed by atoms with Gasteiger partial charge in [0, 0.05) is 23.6 Å². The lowest BCUT2D eigenvalue weighted by Gasteiger charge is -2.13. The number of para-hydroxylation sites is 1. The van der Waals surface area contributed by atoms with E-state index in [1.54, 1.807) is 31.2 Å². The van der Waals surface area contributed by atoms with Crippen molar-refractivity contribution in [3.05, 3.63) is 70.6 Å². The first kappa shape index (κ1) is 17.0. The molecule has 1 atom stereocenters. The van der Waals surface area contributed by atoms with Crippen LogP contribution in [0.3, 0.4) is 0 Å². The predicted octanol–water partition coefficient (Wildman–Crippen LogP) is 2.19. The summed E-state index contributed by atoms with van der Waals surface area (Å²) in [5, 5.41) is 12.4. The third-order valence-corrected chi connectivity index (χ3v) is 4.71. The number of aromatic nitrogens is 4. The minimum Gasteiger partial charge on any atom is -0.361 e. The fourth-order valence-electron chi connectivity index (χ4n) is 3.17. The lowest BCUT2D eigenvalue weighted by Crippen LogP contribution is -2.38. The van der Waals surface area contributed by atoms with Gasteiger partial charge in [0.1, 0.15) is 11.6 Å². The summed E-state index contributed by atoms with van der Waals surface area (Å²) in [7, 11) is 0. The van der Waals surface area contributed by atoms with Crippen molar-refractivity contribution in [1.82, 2.24) is 25.3 Å². The van der Waals surface area contributed by atoms with Gasteiger partial charge in [-0.1, -0.05) is 35.5 Å². The first-order valence-corrected chi connectivity index (χ1v) is 8.82. The Hall–Kier alpha value is -3.48. The monoisotopic (exact) mass is 361 g/mol. The second-order valence-electron chi connectivity index (χ2n) is 6.43. The number of H-pyrrole nitrogens is 1. The number of rotatable bonds is 5. The van der Waals surface area contributed by atoms with E-state index in [-0.39, 0.29) is 11.5 Å². The third kappa shape index (κ3) is 3.19. The lowest BCUT2D eigenvalue weighted by molar-refractivity contribution is -0.124. The van der Waals surface area contributed by atoms with E-state index in [1.165, 1.54) is 0 Å². The Morgan fingerprint density at radius 1 is 1.15 bits per heavy atom. The molecule has 2 aromatic carbocycles. The van der Waals surface area contributed by atoms with E-state index >= 15 is 0 Å². The first-order valence-electron chi connectivity index (χ1n) is 8.82. The molecule has 27 heavy (non-hydrogen) atoms. The number of hydrogen-bond donors (Lipinski definition) is 2. The molecule has 1 amide bonds. The van der Waals surface area contributed by atoms with Crippen LogP contribution in [0.2, 0.25) is 0 Å². The van der Waals surface area contributed by atoms with Crippen LogP contribution in [-0.4, -0.2) is 32.4 Å². The predicted molar refractivity (Wildman–Crippen MR) is 104 cm³/mol. The van der Waals surface area contributed by atoms with Gasteiger partial charge in [-0.3, -0.25) is 9.59 Å². The van der Waals surface area contributed by atoms with Crippen molar-refractivity contribution in [3.8, 4) is 0 Å². The van der Waals surface area contributed by atoms with Gasteiger partial charge in [-0.05, 0) is 37.1 Å². The lowest BCUT2D eigenvalue weighted by atomic mass is 10.1. The maximum Gasteiger partial charge on any atom is 0.278 e. The van der Waals surface area contributed by atoms with Crippen LogP contribution in [0.5, 0.6) is 0 Å². The molecule has 2 aromatic heterocycles. The molecule has 2 N–H and O–H groups in total. The number of carbonyl (C=O) groups is 1. The van der Waals surface area contributed by atoms with Gasteiger partial charge >= 0.3 is 0 Å². The molecule has 0 spiro atoms. The maximum atomic E-state index is 12.6. The van der Waals surface area contributed by atoms with Gasteiger partial charge < -0.3 is 10.3 Å². The van der Waals surface area contributed by atoms with E-state index in [0.29, 0.717) is 23.9 Å². The molecule has 0 unspecified atom stereocenters. The van der Waals surface area contributed by atoms with Crippen molar-refractivity contribution < 1.29 is 4.79 Å². The number of nitrogens with zero attached hydrogens (tertiary/aromatic N) is 3. The Kier molecular flexibility index (Phi) is 4.42. The molecule has 136 valence electrons. The average Bonchev–Trinajstić information content (AvgIpc) is 3.11. The van der Waals surface area contributed by atoms with Gasteiger partial charge in [0.05, 0.1) is 5.39 Å². The Balaban J connectivity index is 1.45. The summed E-state index contributed by atoms with van der Waals surface area (Å²) in [6.07, 6.45) is 2.65. The van der Waals surface area contributed by atoms with Gasteiger partial charge in [-0.2, -0.15) is 4.68 Å². The highest BCUT2D eigenvalue weighted by molar-refractivity contribution is 5.83. The molecule has 0 radical (unpaired) electrons. The van der Waals surface area contributed by atoms with Crippen LogP contribution in [0, 0.1) is 0 Å². The van der Waals surface area contributed by atoms with Gasteiger partial charge in [-0.15, -0.1) is 5.10 Å². The summed E-state index contributed by atoms with van der Waals surface area (Å²) in [5.41, 5.74) is 2.41. The molecule has 0 aliphatic carbocycles. The van der Waals surface area contributed by atoms with Gasteiger partial charge in [0.25, 0.3) is 5.56 Å². The number of aromatic amines is 1. The fraction of sp³-hybridized carbons (Fsp3) is 0.200. The molecule has 7 nitrogen and oxygen atoms in total. The zero-order valence-corrected chi connectivity index (χ0v) is 14.8. The molecule has 0 saturated heterocycles. The second kappa shape index (κ2) is 7.03. The van der Waals surface area contributed by atoms with Crippen molar-refractivity contribution >= 4 is 27.7 Å². The molecule has 0 fully saturated rings. The van der Waals surface area contributed by atoms with Crippen LogP contribution in [-0.2, 0) is 11.2 Å². The minimum atomic E-state index is -0.738. The standard InChI is InChI=1S/C20H19N5O2/c1-13(25-20(27)16-7-3-5-9-18(16)23-24-25)19(26)21-11-10-14-12-22-17-8-4-2-6-15(14)17/h2-9,12-13,22H,10-11H2,1H3,(H,21,26)/t13-/m1/s1. The Bertz CT molecular complexity index is 1180. The van der Waals surface area contributed by atoms with Crippen LogP contribution in [0.4, 0.5) is 0 Å². The molecule has 0 bridgehead atoms. The van der Waals surface area contributed by atoms with E-state index in [2.05, 4.69) is 26.7 Å². The van der Waals surface area contributed by atoms with Crippen LogP contribution >= 0.6 is 0 Å². The van der Waals surface area contributed by atoms with E-state index in [0.717, 1.165) is 21.1 Å². The third-order valence-electron chi connectivity index (χ3n) is 4.71. The van der Waals surface area contributed by atoms with Crippen molar-refractivity contribution in [2.45, 2.75) is 19.4 Å². The summed E-state index contributed by atoms with van der Waals surface area (Å²) in [6, 6.07) is 14.3. The largest absolute Gasteiger partial charge is 0.361 e. The van der Waals surface area contributed by atoms with Crippen molar-refractivity contribution in [2.24, 2.45) is 0 Å². The SMILES string of the molecule is C[C@H](C(=O)NCCc1c[nH]c2ccccc12)n1nnc2ccccc2c1=O. The van der Waals surface area contributed by atoms with E-state index in [9.17, 15) is 9.59 Å². The summed E-state index contributed by atoms with van der Waals surface area (Å²) in [5.74, 6) is -0.262. The van der Waals surface area contributed by atoms with Crippen molar-refractivity contribution in [2.75, 3.05) is 6.54 Å². The normalized spacial score (nSPS) is 12.3. The molecule has 0 saturated carbocycles. The van der Waals surface area contributed by atoms with E-state index in [4.69, 9.17) is 0 Å². The van der Waals surface area contributed by atoms with Crippen LogP contribution in [0.25, 0.3) is 21.8 Å². The second-order valence-corrected chi connectivity index (χ2v) is 6.43. The molecular weight excluding hydrogens is 342 g/mol. The van der Waals surface area contributed by atoms with Crippen molar-refractivity contribution in [3.63, 3.8) is 0 Å². The zero-order chi connectivity index (χ0) is 18.8. The Morgan fingerprint density at radius 2 is 1.89 bits per heavy atom. The Morgan fingerprint density at radius 3 is 2.74 bits per heavy atom. The summed E-state index contributed by atoms with van der Waals surface area (Å²) in [4.78, 5) is 28.3. The molecule has 0 aliphatic heterocycles. The number of hydrogen-bond acceptors (Lipinski definition) is 4. The quantitative estimate of drug-likeness (QED) is 0.570. The highest BCUT2D eigenvalue weighted by Gasteiger charge is 2.18. The minimum absolute atomic E-state index is 0.262. The van der Waals surface area contributed by atoms with Gasteiger partial charge in [0.2, 0.25) is 5.91 Å². The highest BCUT2D eigenvalue weighted by atomic mass is 16.2.